The molecule has 2 N–H and O–H groups in total. The van der Waals surface area contributed by atoms with Crippen molar-refractivity contribution in [1.82, 2.24) is 0 Å². The van der Waals surface area contributed by atoms with E-state index in [0.29, 0.717) is 6.10 Å². The van der Waals surface area contributed by atoms with Gasteiger partial charge in [-0.1, -0.05) is 20.3 Å². The highest BCUT2D eigenvalue weighted by atomic mass is 16.5. The highest BCUT2D eigenvalue weighted by molar-refractivity contribution is 5.03. The molecule has 14 heavy (non-hydrogen) atoms. The quantitative estimate of drug-likeness (QED) is 0.750. The first-order chi connectivity index (χ1) is 6.65. The minimum Gasteiger partial charge on any atom is -0.376 e. The zero-order valence-corrected chi connectivity index (χ0v) is 9.46. The minimum absolute atomic E-state index is 0.00338. The molecule has 2 rings (SSSR count). The van der Waals surface area contributed by atoms with Gasteiger partial charge in [0.05, 0.1) is 6.10 Å². The summed E-state index contributed by atoms with van der Waals surface area (Å²) in [5, 5.41) is 0. The Morgan fingerprint density at radius 3 is 2.79 bits per heavy atom. The summed E-state index contributed by atoms with van der Waals surface area (Å²) in [6.45, 7) is 5.43. The van der Waals surface area contributed by atoms with E-state index in [1.165, 1.54) is 19.3 Å². The van der Waals surface area contributed by atoms with Crippen molar-refractivity contribution in [2.75, 3.05) is 6.61 Å². The maximum atomic E-state index is 6.50. The highest BCUT2D eigenvalue weighted by Gasteiger charge is 2.48. The van der Waals surface area contributed by atoms with Crippen LogP contribution in [0, 0.1) is 11.8 Å². The predicted octanol–water partition coefficient (Wildman–Crippen LogP) is 2.32. The second-order valence-electron chi connectivity index (χ2n) is 5.33. The van der Waals surface area contributed by atoms with Crippen molar-refractivity contribution < 1.29 is 4.74 Å². The van der Waals surface area contributed by atoms with Crippen LogP contribution < -0.4 is 5.73 Å². The lowest BCUT2D eigenvalue weighted by Gasteiger charge is -2.32. The molecule has 2 heteroatoms. The molecule has 0 amide bonds. The Kier molecular flexibility index (Phi) is 2.85. The second kappa shape index (κ2) is 3.82. The molecule has 1 aliphatic heterocycles. The van der Waals surface area contributed by atoms with Gasteiger partial charge in [0.1, 0.15) is 0 Å². The molecular formula is C12H23NO. The lowest BCUT2D eigenvalue weighted by molar-refractivity contribution is 0.0556. The van der Waals surface area contributed by atoms with Gasteiger partial charge in [-0.2, -0.15) is 0 Å². The molecule has 1 saturated heterocycles. The molecule has 3 unspecified atom stereocenters. The lowest BCUT2D eigenvalue weighted by atomic mass is 9.81. The third kappa shape index (κ3) is 1.96. The fraction of sp³-hybridized carbons (Fsp3) is 1.00. The van der Waals surface area contributed by atoms with Crippen molar-refractivity contribution in [3.8, 4) is 0 Å². The van der Waals surface area contributed by atoms with Crippen LogP contribution in [0.25, 0.3) is 0 Å². The van der Waals surface area contributed by atoms with Crippen molar-refractivity contribution in [2.45, 2.75) is 57.6 Å². The monoisotopic (exact) mass is 197 g/mol. The van der Waals surface area contributed by atoms with Crippen LogP contribution >= 0.6 is 0 Å². The Morgan fingerprint density at radius 1 is 1.50 bits per heavy atom. The van der Waals surface area contributed by atoms with Crippen LogP contribution in [0.3, 0.4) is 0 Å². The van der Waals surface area contributed by atoms with Crippen molar-refractivity contribution in [3.63, 3.8) is 0 Å². The summed E-state index contributed by atoms with van der Waals surface area (Å²) in [7, 11) is 0. The van der Waals surface area contributed by atoms with E-state index < -0.39 is 0 Å². The fourth-order valence-electron chi connectivity index (χ4n) is 2.70. The van der Waals surface area contributed by atoms with Crippen molar-refractivity contribution in [3.05, 3.63) is 0 Å². The van der Waals surface area contributed by atoms with Gasteiger partial charge in [0.25, 0.3) is 0 Å². The molecule has 3 atom stereocenters. The topological polar surface area (TPSA) is 35.2 Å². The molecule has 1 aliphatic carbocycles. The molecule has 0 aromatic rings. The van der Waals surface area contributed by atoms with Crippen molar-refractivity contribution in [1.29, 1.82) is 0 Å². The van der Waals surface area contributed by atoms with Crippen LogP contribution in [0.15, 0.2) is 0 Å². The van der Waals surface area contributed by atoms with Crippen LogP contribution in [-0.4, -0.2) is 18.2 Å². The number of hydrogen-bond acceptors (Lipinski definition) is 2. The van der Waals surface area contributed by atoms with E-state index in [2.05, 4.69) is 13.8 Å². The van der Waals surface area contributed by atoms with Gasteiger partial charge in [-0.15, -0.1) is 0 Å². The van der Waals surface area contributed by atoms with E-state index in [9.17, 15) is 0 Å². The minimum atomic E-state index is -0.00338. The SMILES string of the molecule is CCC(C)CC1(N)CCOC1C1CC1. The maximum absolute atomic E-state index is 6.50. The average molecular weight is 197 g/mol. The second-order valence-corrected chi connectivity index (χ2v) is 5.33. The fourth-order valence-corrected chi connectivity index (χ4v) is 2.70. The van der Waals surface area contributed by atoms with E-state index in [4.69, 9.17) is 10.5 Å². The first-order valence-electron chi connectivity index (χ1n) is 6.06. The smallest absolute Gasteiger partial charge is 0.0783 e. The largest absolute Gasteiger partial charge is 0.376 e. The zero-order valence-electron chi connectivity index (χ0n) is 9.46. The predicted molar refractivity (Wildman–Crippen MR) is 58.1 cm³/mol. The Hall–Kier alpha value is -0.0800. The van der Waals surface area contributed by atoms with E-state index in [0.717, 1.165) is 31.3 Å². The molecule has 0 aromatic heterocycles. The van der Waals surface area contributed by atoms with E-state index >= 15 is 0 Å². The van der Waals surface area contributed by atoms with Crippen LogP contribution in [-0.2, 0) is 4.74 Å². The Bertz CT molecular complexity index is 202. The van der Waals surface area contributed by atoms with Crippen LogP contribution in [0.2, 0.25) is 0 Å². The Labute approximate surface area is 87.2 Å². The molecule has 1 heterocycles. The summed E-state index contributed by atoms with van der Waals surface area (Å²) in [6.07, 6.45) is 6.49. The first-order valence-corrected chi connectivity index (χ1v) is 6.06. The third-order valence-corrected chi connectivity index (χ3v) is 3.91. The van der Waals surface area contributed by atoms with Crippen molar-refractivity contribution >= 4 is 0 Å². The average Bonchev–Trinajstić information content (AvgIpc) is 2.91. The van der Waals surface area contributed by atoms with E-state index in [1.54, 1.807) is 0 Å². The van der Waals surface area contributed by atoms with Gasteiger partial charge in [-0.3, -0.25) is 0 Å². The normalized spacial score (nSPS) is 40.1. The van der Waals surface area contributed by atoms with Crippen LogP contribution in [0.1, 0.15) is 46.0 Å². The van der Waals surface area contributed by atoms with Crippen molar-refractivity contribution in [2.24, 2.45) is 17.6 Å². The van der Waals surface area contributed by atoms with Gasteiger partial charge in [0.15, 0.2) is 0 Å². The molecule has 82 valence electrons. The Balaban J connectivity index is 1.97. The summed E-state index contributed by atoms with van der Waals surface area (Å²) in [6, 6.07) is 0. The molecule has 2 nitrogen and oxygen atoms in total. The van der Waals surface area contributed by atoms with Gasteiger partial charge in [0, 0.05) is 12.1 Å². The van der Waals surface area contributed by atoms with Gasteiger partial charge in [0.2, 0.25) is 0 Å². The summed E-state index contributed by atoms with van der Waals surface area (Å²) in [5.41, 5.74) is 6.49. The van der Waals surface area contributed by atoms with Gasteiger partial charge in [-0.05, 0) is 37.5 Å². The molecule has 0 aromatic carbocycles. The van der Waals surface area contributed by atoms with Gasteiger partial charge < -0.3 is 10.5 Å². The third-order valence-electron chi connectivity index (χ3n) is 3.91. The summed E-state index contributed by atoms with van der Waals surface area (Å²) in [5.74, 6) is 1.52. The summed E-state index contributed by atoms with van der Waals surface area (Å²) in [4.78, 5) is 0. The molecule has 0 radical (unpaired) electrons. The standard InChI is InChI=1S/C12H23NO/c1-3-9(2)8-12(13)6-7-14-11(12)10-4-5-10/h9-11H,3-8,13H2,1-2H3. The number of nitrogens with two attached hydrogens (primary N) is 1. The van der Waals surface area contributed by atoms with E-state index in [-0.39, 0.29) is 5.54 Å². The summed E-state index contributed by atoms with van der Waals surface area (Å²) < 4.78 is 5.81. The molecular weight excluding hydrogens is 174 g/mol. The number of ether oxygens (including phenoxy) is 1. The first kappa shape index (κ1) is 10.4. The zero-order chi connectivity index (χ0) is 10.2. The van der Waals surface area contributed by atoms with Crippen LogP contribution in [0.4, 0.5) is 0 Å². The Morgan fingerprint density at radius 2 is 2.21 bits per heavy atom. The lowest BCUT2D eigenvalue weighted by Crippen LogP contribution is -2.49. The highest BCUT2D eigenvalue weighted by Crippen LogP contribution is 2.44. The summed E-state index contributed by atoms with van der Waals surface area (Å²) >= 11 is 0. The maximum Gasteiger partial charge on any atom is 0.0783 e. The molecule has 1 saturated carbocycles. The number of rotatable bonds is 4. The molecule has 2 fully saturated rings. The van der Waals surface area contributed by atoms with Gasteiger partial charge >= 0.3 is 0 Å². The molecule has 2 aliphatic rings. The molecule has 0 bridgehead atoms. The van der Waals surface area contributed by atoms with Crippen LogP contribution in [0.5, 0.6) is 0 Å². The molecule has 0 spiro atoms. The number of hydrogen-bond donors (Lipinski definition) is 1. The van der Waals surface area contributed by atoms with E-state index in [1.807, 2.05) is 0 Å². The van der Waals surface area contributed by atoms with Gasteiger partial charge in [-0.25, -0.2) is 0 Å².